The Morgan fingerprint density at radius 1 is 1.06 bits per heavy atom. The molecule has 0 N–H and O–H groups in total. The van der Waals surface area contributed by atoms with Crippen molar-refractivity contribution in [3.8, 4) is 23.1 Å². The summed E-state index contributed by atoms with van der Waals surface area (Å²) in [6, 6.07) is 17.4. The summed E-state index contributed by atoms with van der Waals surface area (Å²) in [5.41, 5.74) is 1.77. The second-order valence-electron chi connectivity index (χ2n) is 7.54. The van der Waals surface area contributed by atoms with E-state index in [2.05, 4.69) is 0 Å². The van der Waals surface area contributed by atoms with E-state index in [9.17, 15) is 14.9 Å². The number of methoxy groups -OCH3 is 1. The average molecular weight is 493 g/mol. The van der Waals surface area contributed by atoms with Crippen LogP contribution in [0.15, 0.2) is 75.7 Å². The van der Waals surface area contributed by atoms with Crippen LogP contribution in [0.3, 0.4) is 0 Å². The first-order valence-corrected chi connectivity index (χ1v) is 11.0. The van der Waals surface area contributed by atoms with Gasteiger partial charge in [0.15, 0.2) is 0 Å². The lowest BCUT2D eigenvalue weighted by Crippen LogP contribution is -2.42. The summed E-state index contributed by atoms with van der Waals surface area (Å²) in [5, 5.41) is 10.5. The summed E-state index contributed by atoms with van der Waals surface area (Å²) >= 11 is 12.2. The quantitative estimate of drug-likeness (QED) is 0.319. The molecule has 4 rings (SSSR count). The van der Waals surface area contributed by atoms with Crippen molar-refractivity contribution in [2.75, 3.05) is 7.11 Å². The highest BCUT2D eigenvalue weighted by molar-refractivity contribution is 6.36. The van der Waals surface area contributed by atoms with E-state index in [4.69, 9.17) is 32.4 Å². The van der Waals surface area contributed by atoms with Crippen molar-refractivity contribution in [1.29, 1.82) is 5.26 Å². The molecule has 0 radical (unpaired) electrons. The summed E-state index contributed by atoms with van der Waals surface area (Å²) in [6.07, 6.45) is 1.52. The molecule has 170 valence electrons. The van der Waals surface area contributed by atoms with E-state index in [-0.39, 0.29) is 17.7 Å². The minimum atomic E-state index is -0.633. The third kappa shape index (κ3) is 4.49. The van der Waals surface area contributed by atoms with Crippen LogP contribution in [0, 0.1) is 11.3 Å². The fourth-order valence-electron chi connectivity index (χ4n) is 3.59. The van der Waals surface area contributed by atoms with Crippen LogP contribution >= 0.6 is 23.2 Å². The lowest BCUT2D eigenvalue weighted by atomic mass is 9.94. The van der Waals surface area contributed by atoms with Crippen LogP contribution in [-0.4, -0.2) is 23.8 Å². The number of nitrogens with zero attached hydrogens (tertiary/aromatic N) is 2. The van der Waals surface area contributed by atoms with Crippen molar-refractivity contribution in [2.24, 2.45) is 0 Å². The number of benzene rings is 2. The molecule has 0 fully saturated rings. The van der Waals surface area contributed by atoms with Gasteiger partial charge in [0.2, 0.25) is 0 Å². The minimum absolute atomic E-state index is 0.0151. The normalized spacial score (nSPS) is 15.1. The number of nitriles is 1. The Labute approximate surface area is 206 Å². The summed E-state index contributed by atoms with van der Waals surface area (Å²) in [5.74, 6) is 0.374. The van der Waals surface area contributed by atoms with Crippen molar-refractivity contribution in [2.45, 2.75) is 13.5 Å². The molecule has 6 nitrogen and oxygen atoms in total. The van der Waals surface area contributed by atoms with E-state index in [0.29, 0.717) is 38.5 Å². The Bertz CT molecular complexity index is 1390. The minimum Gasteiger partial charge on any atom is -0.497 e. The molecule has 8 heteroatoms. The first kappa shape index (κ1) is 23.4. The lowest BCUT2D eigenvalue weighted by molar-refractivity contribution is -0.141. The third-order valence-corrected chi connectivity index (χ3v) is 5.98. The number of halogens is 2. The number of hydrogen-bond acceptors (Lipinski definition) is 5. The van der Waals surface area contributed by atoms with E-state index in [1.165, 1.54) is 6.08 Å². The summed E-state index contributed by atoms with van der Waals surface area (Å²) in [4.78, 5) is 27.2. The molecule has 2 aromatic carbocycles. The average Bonchev–Trinajstić information content (AvgIpc) is 3.28. The van der Waals surface area contributed by atoms with E-state index in [0.717, 1.165) is 10.5 Å². The van der Waals surface area contributed by atoms with Crippen molar-refractivity contribution >= 4 is 41.1 Å². The molecule has 0 unspecified atom stereocenters. The fourth-order valence-corrected chi connectivity index (χ4v) is 4.10. The highest BCUT2D eigenvalue weighted by atomic mass is 35.5. The number of imide groups is 1. The van der Waals surface area contributed by atoms with Gasteiger partial charge in [-0.25, -0.2) is 0 Å². The Hall–Kier alpha value is -3.79. The maximum atomic E-state index is 13.3. The zero-order valence-corrected chi connectivity index (χ0v) is 19.8. The second kappa shape index (κ2) is 9.60. The molecular formula is C26H18Cl2N2O4. The highest BCUT2D eigenvalue weighted by Crippen LogP contribution is 2.33. The number of hydrogen-bond donors (Lipinski definition) is 0. The van der Waals surface area contributed by atoms with Crippen LogP contribution in [0.25, 0.3) is 17.4 Å². The predicted molar refractivity (Wildman–Crippen MR) is 129 cm³/mol. The predicted octanol–water partition coefficient (Wildman–Crippen LogP) is 6.05. The molecular weight excluding hydrogens is 475 g/mol. The first-order valence-electron chi connectivity index (χ1n) is 10.2. The SMILES string of the molecule is COc1ccc(CN2C(=O)C(C#N)=C(C)/C(=C\c3ccc(-c4ccc(Cl)cc4Cl)o3)C2=O)cc1. The number of ether oxygens (including phenoxy) is 1. The van der Waals surface area contributed by atoms with Gasteiger partial charge < -0.3 is 9.15 Å². The van der Waals surface area contributed by atoms with E-state index >= 15 is 0 Å². The van der Waals surface area contributed by atoms with Gasteiger partial charge in [-0.05, 0) is 66.6 Å². The van der Waals surface area contributed by atoms with Gasteiger partial charge in [-0.3, -0.25) is 14.5 Å². The Morgan fingerprint density at radius 2 is 1.79 bits per heavy atom. The number of amides is 2. The maximum Gasteiger partial charge on any atom is 0.271 e. The van der Waals surface area contributed by atoms with Gasteiger partial charge in [0.25, 0.3) is 11.8 Å². The molecule has 1 aromatic heterocycles. The Balaban J connectivity index is 1.69. The largest absolute Gasteiger partial charge is 0.497 e. The van der Waals surface area contributed by atoms with Crippen LogP contribution in [-0.2, 0) is 16.1 Å². The molecule has 0 atom stereocenters. The van der Waals surface area contributed by atoms with Crippen molar-refractivity contribution in [3.63, 3.8) is 0 Å². The van der Waals surface area contributed by atoms with Crippen LogP contribution < -0.4 is 4.74 Å². The van der Waals surface area contributed by atoms with Crippen LogP contribution in [0.5, 0.6) is 5.75 Å². The number of rotatable bonds is 5. The van der Waals surface area contributed by atoms with Crippen LogP contribution in [0.1, 0.15) is 18.2 Å². The first-order chi connectivity index (χ1) is 16.3. The lowest BCUT2D eigenvalue weighted by Gasteiger charge is -2.27. The molecule has 2 heterocycles. The van der Waals surface area contributed by atoms with Gasteiger partial charge >= 0.3 is 0 Å². The van der Waals surface area contributed by atoms with Crippen LogP contribution in [0.4, 0.5) is 0 Å². The topological polar surface area (TPSA) is 83.5 Å². The van der Waals surface area contributed by atoms with Gasteiger partial charge in [-0.2, -0.15) is 5.26 Å². The summed E-state index contributed by atoms with van der Waals surface area (Å²) in [6.45, 7) is 1.59. The Kier molecular flexibility index (Phi) is 6.60. The molecule has 2 amide bonds. The second-order valence-corrected chi connectivity index (χ2v) is 8.38. The maximum absolute atomic E-state index is 13.3. The zero-order chi connectivity index (χ0) is 24.4. The van der Waals surface area contributed by atoms with Gasteiger partial charge in [-0.15, -0.1) is 0 Å². The standard InChI is InChI=1S/C26H18Cl2N2O4/c1-15-21(12-19-8-10-24(34-19)20-9-5-17(27)11-23(20)28)25(31)30(26(32)22(15)13-29)14-16-3-6-18(33-2)7-4-16/h3-12H,14H2,1-2H3/b21-12+. The smallest absolute Gasteiger partial charge is 0.271 e. The van der Waals surface area contributed by atoms with Gasteiger partial charge in [-0.1, -0.05) is 35.3 Å². The molecule has 0 aliphatic carbocycles. The summed E-state index contributed by atoms with van der Waals surface area (Å²) < 4.78 is 11.0. The van der Waals surface area contributed by atoms with Crippen molar-refractivity contribution < 1.29 is 18.7 Å². The number of carbonyl (C=O) groups is 2. The molecule has 1 aliphatic heterocycles. The summed E-state index contributed by atoms with van der Waals surface area (Å²) in [7, 11) is 1.55. The molecule has 0 saturated carbocycles. The van der Waals surface area contributed by atoms with Gasteiger partial charge in [0.05, 0.1) is 18.7 Å². The molecule has 0 bridgehead atoms. The van der Waals surface area contributed by atoms with Gasteiger partial charge in [0.1, 0.15) is 28.9 Å². The van der Waals surface area contributed by atoms with Gasteiger partial charge in [0, 0.05) is 16.2 Å². The zero-order valence-electron chi connectivity index (χ0n) is 18.3. The molecule has 0 spiro atoms. The van der Waals surface area contributed by atoms with Crippen LogP contribution in [0.2, 0.25) is 10.0 Å². The fraction of sp³-hybridized carbons (Fsp3) is 0.115. The number of carbonyl (C=O) groups excluding carboxylic acids is 2. The highest BCUT2D eigenvalue weighted by Gasteiger charge is 2.35. The number of furan rings is 1. The Morgan fingerprint density at radius 3 is 2.44 bits per heavy atom. The van der Waals surface area contributed by atoms with E-state index in [1.807, 2.05) is 6.07 Å². The molecule has 0 saturated heterocycles. The monoisotopic (exact) mass is 492 g/mol. The molecule has 3 aromatic rings. The third-order valence-electron chi connectivity index (χ3n) is 5.44. The van der Waals surface area contributed by atoms with E-state index < -0.39 is 11.8 Å². The van der Waals surface area contributed by atoms with Crippen molar-refractivity contribution in [3.05, 3.63) is 92.7 Å². The molecule has 1 aliphatic rings. The van der Waals surface area contributed by atoms with E-state index in [1.54, 1.807) is 68.6 Å². The van der Waals surface area contributed by atoms with Crippen molar-refractivity contribution in [1.82, 2.24) is 4.90 Å². The molecule has 34 heavy (non-hydrogen) atoms.